The summed E-state index contributed by atoms with van der Waals surface area (Å²) in [5.41, 5.74) is 5.89. The summed E-state index contributed by atoms with van der Waals surface area (Å²) < 4.78 is 13.8. The molecule has 2 saturated heterocycles. The largest absolute Gasteiger partial charge is 0.490 e. The zero-order valence-electron chi connectivity index (χ0n) is 29.6. The number of likely N-dealkylation sites (N-methyl/N-ethyl adjacent to an activating group) is 1. The van der Waals surface area contributed by atoms with Crippen molar-refractivity contribution in [3.05, 3.63) is 57.6 Å². The number of hydrogen-bond acceptors (Lipinski definition) is 7. The number of fused-ring (bicyclic) bond motifs is 2. The Labute approximate surface area is 283 Å². The molecule has 7 heteroatoms. The number of carbonyl (C=O) groups excluding carboxylic acids is 2. The first-order valence-electron chi connectivity index (χ1n) is 18.3. The van der Waals surface area contributed by atoms with Crippen LogP contribution < -0.4 is 9.47 Å². The summed E-state index contributed by atoms with van der Waals surface area (Å²) >= 11 is 0. The minimum absolute atomic E-state index is 0.0229. The lowest BCUT2D eigenvalue weighted by molar-refractivity contribution is 0.0448. The third kappa shape index (κ3) is 9.67. The van der Waals surface area contributed by atoms with Gasteiger partial charge in [-0.2, -0.15) is 0 Å². The molecule has 47 heavy (non-hydrogen) atoms. The van der Waals surface area contributed by atoms with Crippen molar-refractivity contribution in [1.82, 2.24) is 4.90 Å². The zero-order chi connectivity index (χ0) is 33.9. The van der Waals surface area contributed by atoms with Crippen molar-refractivity contribution in [2.45, 2.75) is 148 Å². The number of ketones is 2. The predicted molar refractivity (Wildman–Crippen MR) is 188 cm³/mol. The Morgan fingerprint density at radius 2 is 1.28 bits per heavy atom. The van der Waals surface area contributed by atoms with E-state index in [-0.39, 0.29) is 43.0 Å². The van der Waals surface area contributed by atoms with Gasteiger partial charge in [-0.3, -0.25) is 14.5 Å². The molecule has 0 saturated carbocycles. The Morgan fingerprint density at radius 3 is 1.81 bits per heavy atom. The van der Waals surface area contributed by atoms with Gasteiger partial charge in [0.15, 0.2) is 11.6 Å². The van der Waals surface area contributed by atoms with Gasteiger partial charge in [-0.05, 0) is 132 Å². The number of aliphatic hydroxyl groups excluding tert-OH is 2. The molecule has 7 nitrogen and oxygen atoms in total. The van der Waals surface area contributed by atoms with E-state index in [2.05, 4.69) is 37.9 Å². The van der Waals surface area contributed by atoms with Crippen LogP contribution in [-0.4, -0.2) is 71.2 Å². The van der Waals surface area contributed by atoms with Gasteiger partial charge < -0.3 is 19.7 Å². The van der Waals surface area contributed by atoms with E-state index >= 15 is 0 Å². The Hall–Kier alpha value is -2.74. The number of benzene rings is 2. The quantitative estimate of drug-likeness (QED) is 0.114. The molecule has 0 radical (unpaired) electrons. The van der Waals surface area contributed by atoms with E-state index in [0.717, 1.165) is 135 Å². The van der Waals surface area contributed by atoms with Gasteiger partial charge in [0, 0.05) is 49.6 Å². The summed E-state index contributed by atoms with van der Waals surface area (Å²) in [5, 5.41) is 18.8. The molecular formula is C40H59NO6. The molecule has 0 aromatic heterocycles. The van der Waals surface area contributed by atoms with Gasteiger partial charge in [0.2, 0.25) is 0 Å². The molecule has 0 amide bonds. The van der Waals surface area contributed by atoms with E-state index in [4.69, 9.17) is 9.47 Å². The predicted octanol–water partition coefficient (Wildman–Crippen LogP) is 7.47. The van der Waals surface area contributed by atoms with Gasteiger partial charge in [0.05, 0.1) is 6.04 Å². The Kier molecular flexibility index (Phi) is 14.3. The lowest BCUT2D eigenvalue weighted by atomic mass is 9.91. The summed E-state index contributed by atoms with van der Waals surface area (Å²) in [5.74, 6) is 1.96. The van der Waals surface area contributed by atoms with Gasteiger partial charge >= 0.3 is 0 Å². The van der Waals surface area contributed by atoms with E-state index in [0.29, 0.717) is 12.5 Å². The molecule has 0 aliphatic carbocycles. The number of aryl methyl sites for hydroxylation is 4. The number of carbonyl (C=O) groups is 2. The molecule has 0 spiro atoms. The standard InChI is InChI=1S/C40H59NO6/c1-6-8-14-29-22-35(23-30(16-10-12-18-42)39(29)28(4)45)46-38-25-34-24-36(26-37(38)41(34)5)47-40-31(15-9-7-2)20-33(27(3)44)21-32(40)17-11-13-19-43/h20-23,34,36-38,42-43H,6-19,24-26H2,1-5H3. The van der Waals surface area contributed by atoms with Crippen LogP contribution in [0.25, 0.3) is 0 Å². The van der Waals surface area contributed by atoms with Crippen LogP contribution in [0, 0.1) is 0 Å². The second-order valence-electron chi connectivity index (χ2n) is 13.9. The van der Waals surface area contributed by atoms with Crippen molar-refractivity contribution >= 4 is 11.6 Å². The molecule has 4 unspecified atom stereocenters. The fourth-order valence-electron chi connectivity index (χ4n) is 7.66. The van der Waals surface area contributed by atoms with Gasteiger partial charge in [-0.25, -0.2) is 0 Å². The van der Waals surface area contributed by atoms with Crippen LogP contribution in [-0.2, 0) is 25.7 Å². The molecule has 2 heterocycles. The monoisotopic (exact) mass is 649 g/mol. The van der Waals surface area contributed by atoms with Crippen molar-refractivity contribution in [3.8, 4) is 11.5 Å². The van der Waals surface area contributed by atoms with Crippen LogP contribution in [0.1, 0.15) is 141 Å². The van der Waals surface area contributed by atoms with Gasteiger partial charge in [0.1, 0.15) is 23.7 Å². The number of aliphatic hydroxyl groups is 2. The summed E-state index contributed by atoms with van der Waals surface area (Å²) in [6.45, 7) is 7.96. The van der Waals surface area contributed by atoms with E-state index in [1.165, 1.54) is 0 Å². The third-order valence-corrected chi connectivity index (χ3v) is 10.2. The average molecular weight is 650 g/mol. The minimum atomic E-state index is 0.0229. The molecule has 2 aromatic rings. The van der Waals surface area contributed by atoms with E-state index in [1.807, 2.05) is 12.1 Å². The maximum atomic E-state index is 12.8. The zero-order valence-corrected chi connectivity index (χ0v) is 29.6. The molecular weight excluding hydrogens is 590 g/mol. The molecule has 260 valence electrons. The number of ether oxygens (including phenoxy) is 2. The Balaban J connectivity index is 1.58. The minimum Gasteiger partial charge on any atom is -0.490 e. The summed E-state index contributed by atoms with van der Waals surface area (Å²) in [6, 6.07) is 8.78. The van der Waals surface area contributed by atoms with Crippen LogP contribution in [0.5, 0.6) is 11.5 Å². The highest BCUT2D eigenvalue weighted by Crippen LogP contribution is 2.41. The Morgan fingerprint density at radius 1 is 0.723 bits per heavy atom. The number of piperidine rings is 1. The van der Waals surface area contributed by atoms with Crippen LogP contribution in [0.2, 0.25) is 0 Å². The number of Topliss-reactive ketones (excluding diaryl/α,β-unsaturated/α-hetero) is 2. The molecule has 4 rings (SSSR count). The second-order valence-corrected chi connectivity index (χ2v) is 13.9. The molecule has 2 aromatic carbocycles. The number of hydrogen-bond donors (Lipinski definition) is 2. The van der Waals surface area contributed by atoms with Crippen molar-refractivity contribution in [1.29, 1.82) is 0 Å². The molecule has 2 aliphatic heterocycles. The smallest absolute Gasteiger partial charge is 0.160 e. The second kappa shape index (κ2) is 18.1. The van der Waals surface area contributed by atoms with Gasteiger partial charge in [-0.15, -0.1) is 0 Å². The average Bonchev–Trinajstić information content (AvgIpc) is 3.19. The van der Waals surface area contributed by atoms with Crippen molar-refractivity contribution in [2.24, 2.45) is 0 Å². The van der Waals surface area contributed by atoms with Gasteiger partial charge in [-0.1, -0.05) is 26.7 Å². The van der Waals surface area contributed by atoms with E-state index in [1.54, 1.807) is 13.8 Å². The fraction of sp³-hybridized carbons (Fsp3) is 0.650. The SMILES string of the molecule is CCCCc1cc(C(C)=O)cc(CCCCO)c1OC1CC2CC(Oc3cc(CCCC)c(C(C)=O)c(CCCCO)c3)C(C1)N2C. The number of rotatable bonds is 20. The highest BCUT2D eigenvalue weighted by atomic mass is 16.5. The molecule has 2 N–H and O–H groups in total. The topological polar surface area (TPSA) is 96.3 Å². The van der Waals surface area contributed by atoms with Crippen LogP contribution >= 0.6 is 0 Å². The molecule has 4 atom stereocenters. The Bertz CT molecular complexity index is 1340. The van der Waals surface area contributed by atoms with Crippen molar-refractivity contribution < 1.29 is 29.3 Å². The number of unbranched alkanes of at least 4 members (excludes halogenated alkanes) is 4. The van der Waals surface area contributed by atoms with E-state index in [9.17, 15) is 19.8 Å². The first kappa shape index (κ1) is 37.1. The molecule has 2 bridgehead atoms. The molecule has 2 fully saturated rings. The summed E-state index contributed by atoms with van der Waals surface area (Å²) in [6.07, 6.45) is 13.3. The maximum Gasteiger partial charge on any atom is 0.160 e. The van der Waals surface area contributed by atoms with Crippen molar-refractivity contribution in [3.63, 3.8) is 0 Å². The van der Waals surface area contributed by atoms with Crippen LogP contribution in [0.15, 0.2) is 24.3 Å². The van der Waals surface area contributed by atoms with Crippen LogP contribution in [0.3, 0.4) is 0 Å². The maximum absolute atomic E-state index is 12.8. The third-order valence-electron chi connectivity index (χ3n) is 10.2. The van der Waals surface area contributed by atoms with Crippen LogP contribution in [0.4, 0.5) is 0 Å². The summed E-state index contributed by atoms with van der Waals surface area (Å²) in [4.78, 5) is 27.7. The summed E-state index contributed by atoms with van der Waals surface area (Å²) in [7, 11) is 2.20. The highest BCUT2D eigenvalue weighted by molar-refractivity contribution is 5.97. The van der Waals surface area contributed by atoms with Crippen molar-refractivity contribution in [2.75, 3.05) is 20.3 Å². The normalized spacial score (nSPS) is 20.8. The fourth-order valence-corrected chi connectivity index (χ4v) is 7.66. The number of nitrogens with zero attached hydrogens (tertiary/aromatic N) is 1. The highest BCUT2D eigenvalue weighted by Gasteiger charge is 2.47. The first-order valence-corrected chi connectivity index (χ1v) is 18.3. The first-order chi connectivity index (χ1) is 22.7. The lowest BCUT2D eigenvalue weighted by Crippen LogP contribution is -2.46. The molecule has 2 aliphatic rings. The van der Waals surface area contributed by atoms with Gasteiger partial charge in [0.25, 0.3) is 0 Å². The lowest BCUT2D eigenvalue weighted by Gasteiger charge is -2.37. The van der Waals surface area contributed by atoms with E-state index < -0.39 is 0 Å².